The second kappa shape index (κ2) is 11.7. The Morgan fingerprint density at radius 2 is 1.73 bits per heavy atom. The quantitative estimate of drug-likeness (QED) is 0.237. The second-order valence-corrected chi connectivity index (χ2v) is 9.34. The van der Waals surface area contributed by atoms with Gasteiger partial charge in [0.25, 0.3) is 11.7 Å². The van der Waals surface area contributed by atoms with Crippen molar-refractivity contribution in [2.45, 2.75) is 56.1 Å². The van der Waals surface area contributed by atoms with Crippen molar-refractivity contribution >= 4 is 29.3 Å². The standard InChI is InChI=1S/C26H33NO5S/c1-4-5-6-7-8-16-27-23-14-13-21(18-22(23)26(31-2,32-3)25(27)30)33-17-15-19-9-11-20(12-10-19)24(28)29/h9-14,18H,4-8,15-17H2,1-3H3,(H,28,29). The van der Waals surface area contributed by atoms with Crippen molar-refractivity contribution in [3.05, 3.63) is 59.2 Å². The molecule has 1 aliphatic heterocycles. The van der Waals surface area contributed by atoms with E-state index in [2.05, 4.69) is 6.92 Å². The van der Waals surface area contributed by atoms with E-state index >= 15 is 0 Å². The number of rotatable bonds is 13. The minimum absolute atomic E-state index is 0.168. The SMILES string of the molecule is CCCCCCCN1C(=O)C(OC)(OC)c2cc(SCCc3ccc(C(=O)O)cc3)ccc21. The fraction of sp³-hybridized carbons (Fsp3) is 0.462. The predicted molar refractivity (Wildman–Crippen MR) is 131 cm³/mol. The molecule has 0 saturated carbocycles. The van der Waals surface area contributed by atoms with Crippen LogP contribution in [0.1, 0.15) is 60.5 Å². The molecule has 1 N–H and O–H groups in total. The molecule has 1 amide bonds. The first-order valence-electron chi connectivity index (χ1n) is 11.5. The number of ether oxygens (including phenoxy) is 2. The molecule has 1 heterocycles. The van der Waals surface area contributed by atoms with Gasteiger partial charge in [0.15, 0.2) is 0 Å². The first kappa shape index (κ1) is 25.3. The van der Waals surface area contributed by atoms with Gasteiger partial charge in [-0.1, -0.05) is 44.7 Å². The Morgan fingerprint density at radius 1 is 1.03 bits per heavy atom. The number of aryl methyl sites for hydroxylation is 1. The number of thioether (sulfide) groups is 1. The van der Waals surface area contributed by atoms with E-state index in [0.717, 1.165) is 46.7 Å². The van der Waals surface area contributed by atoms with Crippen LogP contribution in [0.3, 0.4) is 0 Å². The number of methoxy groups -OCH3 is 2. The number of hydrogen-bond acceptors (Lipinski definition) is 5. The summed E-state index contributed by atoms with van der Waals surface area (Å²) >= 11 is 1.69. The molecule has 0 saturated heterocycles. The summed E-state index contributed by atoms with van der Waals surface area (Å²) in [5.41, 5.74) is 2.98. The number of anilines is 1. The van der Waals surface area contributed by atoms with Crippen molar-refractivity contribution in [3.8, 4) is 0 Å². The fourth-order valence-corrected chi connectivity index (χ4v) is 5.12. The van der Waals surface area contributed by atoms with Gasteiger partial charge in [0.1, 0.15) is 0 Å². The lowest BCUT2D eigenvalue weighted by Crippen LogP contribution is -2.43. The number of unbranched alkanes of at least 4 members (excludes halogenated alkanes) is 4. The van der Waals surface area contributed by atoms with Gasteiger partial charge in [-0.3, -0.25) is 4.79 Å². The highest BCUT2D eigenvalue weighted by molar-refractivity contribution is 7.99. The Balaban J connectivity index is 1.69. The van der Waals surface area contributed by atoms with Gasteiger partial charge in [-0.2, -0.15) is 0 Å². The van der Waals surface area contributed by atoms with Gasteiger partial charge in [-0.05, 0) is 48.7 Å². The summed E-state index contributed by atoms with van der Waals surface area (Å²) in [6.07, 6.45) is 6.45. The predicted octanol–water partition coefficient (Wildman–Crippen LogP) is 5.48. The molecule has 6 nitrogen and oxygen atoms in total. The van der Waals surface area contributed by atoms with Crippen molar-refractivity contribution in [1.29, 1.82) is 0 Å². The van der Waals surface area contributed by atoms with Crippen LogP contribution in [0.15, 0.2) is 47.4 Å². The number of carbonyl (C=O) groups is 2. The van der Waals surface area contributed by atoms with Crippen molar-refractivity contribution in [2.24, 2.45) is 0 Å². The maximum Gasteiger partial charge on any atom is 0.335 e. The average molecular weight is 472 g/mol. The average Bonchev–Trinajstić information content (AvgIpc) is 3.06. The Hall–Kier alpha value is -2.35. The molecule has 0 atom stereocenters. The first-order chi connectivity index (χ1) is 16.0. The Labute approximate surface area is 200 Å². The zero-order valence-electron chi connectivity index (χ0n) is 19.6. The number of amides is 1. The number of nitrogens with zero attached hydrogens (tertiary/aromatic N) is 1. The van der Waals surface area contributed by atoms with Crippen molar-refractivity contribution < 1.29 is 24.2 Å². The number of carbonyl (C=O) groups excluding carboxylic acids is 1. The van der Waals surface area contributed by atoms with Crippen molar-refractivity contribution in [3.63, 3.8) is 0 Å². The van der Waals surface area contributed by atoms with Crippen LogP contribution in [0, 0.1) is 0 Å². The van der Waals surface area contributed by atoms with Gasteiger partial charge in [-0.25, -0.2) is 4.79 Å². The van der Waals surface area contributed by atoms with Gasteiger partial charge in [0.2, 0.25) is 0 Å². The molecule has 2 aromatic rings. The van der Waals surface area contributed by atoms with E-state index < -0.39 is 11.8 Å². The maximum atomic E-state index is 13.3. The highest BCUT2D eigenvalue weighted by Gasteiger charge is 2.52. The Bertz CT molecular complexity index is 956. The molecule has 2 aromatic carbocycles. The molecule has 0 aromatic heterocycles. The molecule has 178 valence electrons. The lowest BCUT2D eigenvalue weighted by Gasteiger charge is -2.25. The summed E-state index contributed by atoms with van der Waals surface area (Å²) in [4.78, 5) is 27.1. The lowest BCUT2D eigenvalue weighted by atomic mass is 10.1. The van der Waals surface area contributed by atoms with E-state index in [4.69, 9.17) is 14.6 Å². The minimum atomic E-state index is -1.40. The fourth-order valence-electron chi connectivity index (χ4n) is 4.18. The van der Waals surface area contributed by atoms with Crippen LogP contribution in [0.5, 0.6) is 0 Å². The van der Waals surface area contributed by atoms with Gasteiger partial charge < -0.3 is 19.5 Å². The third-order valence-electron chi connectivity index (χ3n) is 6.06. The number of carboxylic acid groups (broad SMARTS) is 1. The number of benzene rings is 2. The van der Waals surface area contributed by atoms with Crippen LogP contribution in [0.4, 0.5) is 5.69 Å². The van der Waals surface area contributed by atoms with Crippen LogP contribution in [0.2, 0.25) is 0 Å². The van der Waals surface area contributed by atoms with Crippen molar-refractivity contribution in [2.75, 3.05) is 31.4 Å². The summed E-state index contributed by atoms with van der Waals surface area (Å²) < 4.78 is 11.3. The summed E-state index contributed by atoms with van der Waals surface area (Å²) in [7, 11) is 3.02. The van der Waals surface area contributed by atoms with E-state index in [1.165, 1.54) is 33.5 Å². The van der Waals surface area contributed by atoms with Gasteiger partial charge in [0, 0.05) is 37.0 Å². The Morgan fingerprint density at radius 3 is 2.36 bits per heavy atom. The molecule has 0 radical (unpaired) electrons. The minimum Gasteiger partial charge on any atom is -0.478 e. The smallest absolute Gasteiger partial charge is 0.335 e. The zero-order valence-corrected chi connectivity index (χ0v) is 20.5. The lowest BCUT2D eigenvalue weighted by molar-refractivity contribution is -0.209. The normalized spacial score (nSPS) is 14.5. The molecule has 1 aliphatic rings. The van der Waals surface area contributed by atoms with E-state index in [-0.39, 0.29) is 5.91 Å². The molecule has 0 bridgehead atoms. The van der Waals surface area contributed by atoms with E-state index in [1.807, 2.05) is 30.3 Å². The van der Waals surface area contributed by atoms with Crippen LogP contribution < -0.4 is 4.90 Å². The monoisotopic (exact) mass is 471 g/mol. The zero-order chi connectivity index (χ0) is 23.8. The largest absolute Gasteiger partial charge is 0.478 e. The van der Waals surface area contributed by atoms with Gasteiger partial charge in [0.05, 0.1) is 11.3 Å². The van der Waals surface area contributed by atoms with Crippen LogP contribution in [-0.4, -0.2) is 43.5 Å². The van der Waals surface area contributed by atoms with Gasteiger partial charge in [-0.15, -0.1) is 11.8 Å². The molecular weight excluding hydrogens is 438 g/mol. The molecule has 7 heteroatoms. The molecule has 0 unspecified atom stereocenters. The Kier molecular flexibility index (Phi) is 8.95. The van der Waals surface area contributed by atoms with E-state index in [0.29, 0.717) is 12.1 Å². The number of fused-ring (bicyclic) bond motifs is 1. The molecule has 0 spiro atoms. The van der Waals surface area contributed by atoms with E-state index in [9.17, 15) is 9.59 Å². The highest BCUT2D eigenvalue weighted by Crippen LogP contribution is 2.44. The molecule has 33 heavy (non-hydrogen) atoms. The third kappa shape index (κ3) is 5.60. The van der Waals surface area contributed by atoms with Gasteiger partial charge >= 0.3 is 5.97 Å². The highest BCUT2D eigenvalue weighted by atomic mass is 32.2. The number of aromatic carboxylic acids is 1. The number of hydrogen-bond donors (Lipinski definition) is 1. The number of carboxylic acids is 1. The summed E-state index contributed by atoms with van der Waals surface area (Å²) in [6, 6.07) is 13.0. The second-order valence-electron chi connectivity index (χ2n) is 8.18. The molecule has 3 rings (SSSR count). The molecule has 0 aliphatic carbocycles. The first-order valence-corrected chi connectivity index (χ1v) is 12.5. The van der Waals surface area contributed by atoms with Crippen molar-refractivity contribution in [1.82, 2.24) is 0 Å². The van der Waals surface area contributed by atoms with E-state index in [1.54, 1.807) is 28.8 Å². The topological polar surface area (TPSA) is 76.1 Å². The van der Waals surface area contributed by atoms with Crippen LogP contribution in [-0.2, 0) is 26.5 Å². The van der Waals surface area contributed by atoms with Crippen LogP contribution >= 0.6 is 11.8 Å². The third-order valence-corrected chi connectivity index (χ3v) is 7.06. The maximum absolute atomic E-state index is 13.3. The summed E-state index contributed by atoms with van der Waals surface area (Å²) in [6.45, 7) is 2.85. The summed E-state index contributed by atoms with van der Waals surface area (Å²) in [5, 5.41) is 9.03. The van der Waals surface area contributed by atoms with Crippen LogP contribution in [0.25, 0.3) is 0 Å². The molecule has 0 fully saturated rings. The molecular formula is C26H33NO5S. The summed E-state index contributed by atoms with van der Waals surface area (Å²) in [5.74, 6) is -1.66.